The van der Waals surface area contributed by atoms with Gasteiger partial charge in [0.15, 0.2) is 0 Å². The molecule has 3 rings (SSSR count). The van der Waals surface area contributed by atoms with Crippen molar-refractivity contribution in [2.24, 2.45) is 0 Å². The highest BCUT2D eigenvalue weighted by molar-refractivity contribution is 5.58. The smallest absolute Gasteiger partial charge is 0.105 e. The van der Waals surface area contributed by atoms with E-state index in [1.807, 2.05) is 60.7 Å². The van der Waals surface area contributed by atoms with Crippen molar-refractivity contribution in [1.82, 2.24) is 0 Å². The van der Waals surface area contributed by atoms with Gasteiger partial charge in [-0.2, -0.15) is 0 Å². The Morgan fingerprint density at radius 2 is 0.824 bits per heavy atom. The summed E-state index contributed by atoms with van der Waals surface area (Å²) in [6.45, 7) is 19.8. The van der Waals surface area contributed by atoms with Gasteiger partial charge in [-0.1, -0.05) is 129 Å². The number of aliphatic hydroxyl groups excluding tert-OH is 2. The Labute approximate surface area is 206 Å². The van der Waals surface area contributed by atoms with Crippen molar-refractivity contribution in [3.63, 3.8) is 0 Å². The van der Waals surface area contributed by atoms with E-state index in [9.17, 15) is 10.2 Å². The van der Waals surface area contributed by atoms with Crippen LogP contribution in [0.2, 0.25) is 0 Å². The maximum Gasteiger partial charge on any atom is 0.105 e. The second-order valence-electron chi connectivity index (χ2n) is 12.6. The molecular weight excluding hydrogens is 416 g/mol. The quantitative estimate of drug-likeness (QED) is 0.420. The van der Waals surface area contributed by atoms with Crippen LogP contribution in [0.3, 0.4) is 0 Å². The fourth-order valence-electron chi connectivity index (χ4n) is 4.94. The van der Waals surface area contributed by atoms with Gasteiger partial charge in [0, 0.05) is 0 Å². The molecule has 0 heterocycles. The van der Waals surface area contributed by atoms with Gasteiger partial charge < -0.3 is 10.2 Å². The van der Waals surface area contributed by atoms with E-state index in [1.54, 1.807) is 0 Å². The SMILES string of the molecule is CC(C)(C)c1cc(C(C)(C)C)c([C@@H](O)c2ccccc2)c(C(C)(C)C)c1[C@H](O)c1ccccc1. The van der Waals surface area contributed by atoms with Gasteiger partial charge in [-0.05, 0) is 55.2 Å². The lowest BCUT2D eigenvalue weighted by atomic mass is 9.66. The minimum atomic E-state index is -0.791. The third kappa shape index (κ3) is 5.29. The molecule has 0 fully saturated rings. The summed E-state index contributed by atoms with van der Waals surface area (Å²) in [5, 5.41) is 23.7. The van der Waals surface area contributed by atoms with Crippen LogP contribution in [0.25, 0.3) is 0 Å². The Kier molecular flexibility index (Phi) is 7.18. The van der Waals surface area contributed by atoms with Crippen LogP contribution < -0.4 is 0 Å². The molecule has 34 heavy (non-hydrogen) atoms. The number of hydrogen-bond acceptors (Lipinski definition) is 2. The van der Waals surface area contributed by atoms with Crippen LogP contribution in [0.15, 0.2) is 66.7 Å². The monoisotopic (exact) mass is 458 g/mol. The number of aliphatic hydroxyl groups is 2. The summed E-state index contributed by atoms with van der Waals surface area (Å²) in [4.78, 5) is 0. The van der Waals surface area contributed by atoms with Gasteiger partial charge in [-0.15, -0.1) is 0 Å². The standard InChI is InChI=1S/C32H42O2/c1-30(2,3)23-20-24(31(4,5)6)26(29(34)22-18-14-11-15-19-22)27(32(7,8)9)25(23)28(33)21-16-12-10-13-17-21/h10-20,28-29,33-34H,1-9H3/t28-,29+. The molecule has 2 nitrogen and oxygen atoms in total. The van der Waals surface area contributed by atoms with Crippen LogP contribution in [0.1, 0.15) is 113 Å². The van der Waals surface area contributed by atoms with E-state index in [0.717, 1.165) is 38.9 Å². The zero-order chi connectivity index (χ0) is 25.5. The summed E-state index contributed by atoms with van der Waals surface area (Å²) in [6.07, 6.45) is -1.58. The van der Waals surface area contributed by atoms with Gasteiger partial charge in [0.25, 0.3) is 0 Å². The zero-order valence-electron chi connectivity index (χ0n) is 22.4. The van der Waals surface area contributed by atoms with Crippen LogP contribution in [0.4, 0.5) is 0 Å². The maximum atomic E-state index is 11.9. The highest BCUT2D eigenvalue weighted by Gasteiger charge is 2.37. The van der Waals surface area contributed by atoms with Gasteiger partial charge in [0.1, 0.15) is 12.2 Å². The van der Waals surface area contributed by atoms with Crippen molar-refractivity contribution in [3.8, 4) is 0 Å². The van der Waals surface area contributed by atoms with Crippen LogP contribution in [0, 0.1) is 0 Å². The molecule has 3 aromatic rings. The second-order valence-corrected chi connectivity index (χ2v) is 12.6. The van der Waals surface area contributed by atoms with Crippen LogP contribution in [-0.2, 0) is 16.2 Å². The fraction of sp³-hybridized carbons (Fsp3) is 0.438. The summed E-state index contributed by atoms with van der Waals surface area (Å²) in [6, 6.07) is 22.0. The van der Waals surface area contributed by atoms with Gasteiger partial charge in [0.05, 0.1) is 0 Å². The fourth-order valence-corrected chi connectivity index (χ4v) is 4.94. The maximum absolute atomic E-state index is 11.9. The van der Waals surface area contributed by atoms with Crippen molar-refractivity contribution in [2.75, 3.05) is 0 Å². The Balaban J connectivity index is 2.54. The van der Waals surface area contributed by atoms with E-state index in [2.05, 4.69) is 68.4 Å². The van der Waals surface area contributed by atoms with E-state index in [0.29, 0.717) is 0 Å². The molecule has 0 saturated carbocycles. The van der Waals surface area contributed by atoms with Gasteiger partial charge in [0.2, 0.25) is 0 Å². The molecule has 0 aliphatic rings. The summed E-state index contributed by atoms with van der Waals surface area (Å²) < 4.78 is 0. The normalized spacial score (nSPS) is 14.7. The summed E-state index contributed by atoms with van der Waals surface area (Å²) in [5.41, 5.74) is 6.17. The molecule has 0 aromatic heterocycles. The van der Waals surface area contributed by atoms with E-state index >= 15 is 0 Å². The van der Waals surface area contributed by atoms with E-state index < -0.39 is 12.2 Å². The lowest BCUT2D eigenvalue weighted by Gasteiger charge is -2.39. The molecule has 0 aliphatic heterocycles. The first-order chi connectivity index (χ1) is 15.6. The molecule has 0 aliphatic carbocycles. The Bertz CT molecular complexity index is 1030. The largest absolute Gasteiger partial charge is 0.384 e. The molecular formula is C32H42O2. The predicted octanol–water partition coefficient (Wildman–Crippen LogP) is 7.74. The van der Waals surface area contributed by atoms with E-state index in [-0.39, 0.29) is 16.2 Å². The summed E-state index contributed by atoms with van der Waals surface area (Å²) in [7, 11) is 0. The first-order valence-electron chi connectivity index (χ1n) is 12.3. The van der Waals surface area contributed by atoms with Crippen LogP contribution >= 0.6 is 0 Å². The molecule has 0 radical (unpaired) electrons. The summed E-state index contributed by atoms with van der Waals surface area (Å²) in [5.74, 6) is 0. The minimum absolute atomic E-state index is 0.193. The first-order valence-corrected chi connectivity index (χ1v) is 12.3. The summed E-state index contributed by atoms with van der Waals surface area (Å²) >= 11 is 0. The molecule has 182 valence electrons. The Hall–Kier alpha value is -2.42. The van der Waals surface area contributed by atoms with Crippen molar-refractivity contribution >= 4 is 0 Å². The third-order valence-corrected chi connectivity index (χ3v) is 6.55. The minimum Gasteiger partial charge on any atom is -0.384 e. The molecule has 0 spiro atoms. The molecule has 0 unspecified atom stereocenters. The predicted molar refractivity (Wildman–Crippen MR) is 144 cm³/mol. The highest BCUT2D eigenvalue weighted by Crippen LogP contribution is 2.48. The van der Waals surface area contributed by atoms with Crippen molar-refractivity contribution in [1.29, 1.82) is 0 Å². The van der Waals surface area contributed by atoms with Crippen LogP contribution in [0.5, 0.6) is 0 Å². The lowest BCUT2D eigenvalue weighted by Crippen LogP contribution is -2.30. The molecule has 0 amide bonds. The molecule has 3 aromatic carbocycles. The van der Waals surface area contributed by atoms with Crippen molar-refractivity contribution in [3.05, 3.63) is 106 Å². The number of hydrogen-bond donors (Lipinski definition) is 2. The molecule has 2 atom stereocenters. The van der Waals surface area contributed by atoms with Crippen molar-refractivity contribution in [2.45, 2.75) is 90.8 Å². The van der Waals surface area contributed by atoms with Gasteiger partial charge in [-0.25, -0.2) is 0 Å². The molecule has 0 saturated heterocycles. The molecule has 2 N–H and O–H groups in total. The van der Waals surface area contributed by atoms with Gasteiger partial charge >= 0.3 is 0 Å². The average Bonchev–Trinajstić information content (AvgIpc) is 2.76. The topological polar surface area (TPSA) is 40.5 Å². The van der Waals surface area contributed by atoms with E-state index in [4.69, 9.17) is 0 Å². The molecule has 2 heteroatoms. The number of benzene rings is 3. The second kappa shape index (κ2) is 9.32. The zero-order valence-corrected chi connectivity index (χ0v) is 22.4. The lowest BCUT2D eigenvalue weighted by molar-refractivity contribution is 0.204. The third-order valence-electron chi connectivity index (χ3n) is 6.55. The van der Waals surface area contributed by atoms with Crippen LogP contribution in [-0.4, -0.2) is 10.2 Å². The van der Waals surface area contributed by atoms with Crippen molar-refractivity contribution < 1.29 is 10.2 Å². The Morgan fingerprint density at radius 1 is 0.500 bits per heavy atom. The Morgan fingerprint density at radius 3 is 1.09 bits per heavy atom. The first kappa shape index (κ1) is 26.2. The number of rotatable bonds is 4. The van der Waals surface area contributed by atoms with Gasteiger partial charge in [-0.3, -0.25) is 0 Å². The van der Waals surface area contributed by atoms with E-state index in [1.165, 1.54) is 0 Å². The average molecular weight is 459 g/mol. The highest BCUT2D eigenvalue weighted by atomic mass is 16.3. The molecule has 0 bridgehead atoms.